The van der Waals surface area contributed by atoms with Gasteiger partial charge >= 0.3 is 6.03 Å². The monoisotopic (exact) mass is 676 g/mol. The van der Waals surface area contributed by atoms with Crippen LogP contribution in [-0.4, -0.2) is 101 Å². The van der Waals surface area contributed by atoms with Gasteiger partial charge in [0.05, 0.1) is 23.5 Å². The molecule has 2 N–H and O–H groups in total. The average Bonchev–Trinajstić information content (AvgIpc) is 3.34. The highest BCUT2D eigenvalue weighted by molar-refractivity contribution is 7.89. The molecule has 0 radical (unpaired) electrons. The number of hydrogen-bond acceptors (Lipinski definition) is 10. The van der Waals surface area contributed by atoms with Gasteiger partial charge in [-0.1, -0.05) is 11.3 Å². The number of carbonyl (C=O) groups excluding carboxylic acids is 1. The van der Waals surface area contributed by atoms with Gasteiger partial charge in [0, 0.05) is 69.0 Å². The van der Waals surface area contributed by atoms with Gasteiger partial charge in [0.2, 0.25) is 10.0 Å². The summed E-state index contributed by atoms with van der Waals surface area (Å²) in [4.78, 5) is 23.6. The van der Waals surface area contributed by atoms with E-state index in [2.05, 4.69) is 31.3 Å². The van der Waals surface area contributed by atoms with E-state index in [1.807, 2.05) is 30.6 Å². The van der Waals surface area contributed by atoms with E-state index in [1.165, 1.54) is 6.20 Å². The number of imidazole rings is 1. The number of nitrogens with one attached hydrogen (secondary N) is 2. The molecule has 248 valence electrons. The number of sulfonamides is 1. The Kier molecular flexibility index (Phi) is 8.68. The largest absolute Gasteiger partial charge is 0.366 e. The molecule has 1 aliphatic heterocycles. The molecular weight excluding hydrogens is 639 g/mol. The summed E-state index contributed by atoms with van der Waals surface area (Å²) in [6, 6.07) is 3.70. The molecule has 3 aliphatic rings. The first-order chi connectivity index (χ1) is 21.8. The predicted molar refractivity (Wildman–Crippen MR) is 168 cm³/mol. The number of piperazine rings is 1. The summed E-state index contributed by atoms with van der Waals surface area (Å²) in [5.41, 5.74) is 0.669. The lowest BCUT2D eigenvalue weighted by Gasteiger charge is -2.46. The molecule has 3 fully saturated rings. The minimum atomic E-state index is -3.94. The van der Waals surface area contributed by atoms with Crippen LogP contribution >= 0.6 is 11.3 Å². The molecule has 3 aromatic rings. The Morgan fingerprint density at radius 2 is 1.93 bits per heavy atom. The number of hydrogen-bond donors (Lipinski definition) is 2. The molecule has 2 saturated carbocycles. The predicted octanol–water partition coefficient (Wildman–Crippen LogP) is 3.46. The van der Waals surface area contributed by atoms with Crippen LogP contribution in [0.25, 0.3) is 16.3 Å². The van der Waals surface area contributed by atoms with Gasteiger partial charge < -0.3 is 20.0 Å². The highest BCUT2D eigenvalue weighted by Crippen LogP contribution is 2.38. The van der Waals surface area contributed by atoms with Crippen molar-refractivity contribution in [2.45, 2.75) is 81.4 Å². The van der Waals surface area contributed by atoms with Gasteiger partial charge in [-0.15, -0.1) is 10.2 Å². The van der Waals surface area contributed by atoms with Crippen molar-refractivity contribution in [3.63, 3.8) is 0 Å². The molecule has 0 unspecified atom stereocenters. The number of rotatable bonds is 10. The van der Waals surface area contributed by atoms with Crippen molar-refractivity contribution in [1.82, 2.24) is 39.4 Å². The van der Waals surface area contributed by atoms with Crippen molar-refractivity contribution < 1.29 is 22.0 Å². The Morgan fingerprint density at radius 3 is 2.54 bits per heavy atom. The van der Waals surface area contributed by atoms with Crippen LogP contribution < -0.4 is 14.9 Å². The zero-order valence-electron chi connectivity index (χ0n) is 26.2. The topological polar surface area (TPSA) is 152 Å². The Labute approximate surface area is 270 Å². The van der Waals surface area contributed by atoms with Crippen LogP contribution in [0.15, 0.2) is 23.4 Å². The van der Waals surface area contributed by atoms with E-state index in [0.29, 0.717) is 54.8 Å². The lowest BCUT2D eigenvalue weighted by Crippen LogP contribution is -2.61. The summed E-state index contributed by atoms with van der Waals surface area (Å²) in [6.07, 6.45) is 3.38. The standard InChI is InChI=1S/C29H38F2N10O3S2/c1-17-14-39(15-18(2)41(17)28(42)38(4)8-7-33-20-9-19(10-20)12-32)22-11-21(46(43,44)37-29(3)5-6-29)16-40-23(22)13-34-25(40)27-36-35-26(45-27)24(30)31/h11,13,16-20,24,33,37H,5-10,14-15H2,1-4H3/t17-,18-,19?,20?/m0/s1. The van der Waals surface area contributed by atoms with Gasteiger partial charge in [-0.05, 0) is 52.5 Å². The summed E-state index contributed by atoms with van der Waals surface area (Å²) >= 11 is 0.708. The van der Waals surface area contributed by atoms with E-state index in [1.54, 1.807) is 28.6 Å². The molecule has 4 heterocycles. The second-order valence-corrected chi connectivity index (χ2v) is 15.7. The van der Waals surface area contributed by atoms with Crippen molar-refractivity contribution in [2.24, 2.45) is 5.92 Å². The van der Waals surface area contributed by atoms with Crippen molar-refractivity contribution in [1.29, 1.82) is 5.26 Å². The van der Waals surface area contributed by atoms with Gasteiger partial charge in [0.25, 0.3) is 6.43 Å². The molecule has 0 bridgehead atoms. The van der Waals surface area contributed by atoms with Crippen molar-refractivity contribution >= 4 is 38.6 Å². The Bertz CT molecular complexity index is 1750. The zero-order valence-corrected chi connectivity index (χ0v) is 27.8. The molecule has 17 heteroatoms. The number of alkyl halides is 2. The smallest absolute Gasteiger partial charge is 0.320 e. The maximum absolute atomic E-state index is 13.6. The normalized spacial score (nSPS) is 24.2. The number of carbonyl (C=O) groups is 1. The number of amides is 2. The number of halogens is 2. The van der Waals surface area contributed by atoms with Crippen molar-refractivity contribution in [3.05, 3.63) is 23.5 Å². The fourth-order valence-corrected chi connectivity index (χ4v) is 8.39. The number of aromatic nitrogens is 4. The first-order valence-corrected chi connectivity index (χ1v) is 17.7. The van der Waals surface area contributed by atoms with Crippen LogP contribution in [0.5, 0.6) is 0 Å². The number of urea groups is 1. The third kappa shape index (κ3) is 6.40. The number of nitriles is 1. The van der Waals surface area contributed by atoms with Gasteiger partial charge in [0.1, 0.15) is 4.90 Å². The number of nitrogens with zero attached hydrogens (tertiary/aromatic N) is 8. The van der Waals surface area contributed by atoms with Gasteiger partial charge in [-0.3, -0.25) is 4.40 Å². The quantitative estimate of drug-likeness (QED) is 0.329. The highest BCUT2D eigenvalue weighted by Gasteiger charge is 2.42. The number of likely N-dealkylation sites (N-methyl/N-ethyl adjacent to an activating group) is 1. The second-order valence-electron chi connectivity index (χ2n) is 13.0. The second kappa shape index (κ2) is 12.3. The summed E-state index contributed by atoms with van der Waals surface area (Å²) in [6.45, 7) is 7.80. The van der Waals surface area contributed by atoms with Crippen LogP contribution in [0.1, 0.15) is 57.9 Å². The molecule has 13 nitrogen and oxygen atoms in total. The summed E-state index contributed by atoms with van der Waals surface area (Å²) in [5, 5.41) is 19.6. The lowest BCUT2D eigenvalue weighted by atomic mass is 9.81. The van der Waals surface area contributed by atoms with E-state index in [0.717, 1.165) is 25.7 Å². The first kappa shape index (κ1) is 32.5. The molecular formula is C29H38F2N10O3S2. The lowest BCUT2D eigenvalue weighted by molar-refractivity contribution is 0.113. The first-order valence-electron chi connectivity index (χ1n) is 15.4. The maximum atomic E-state index is 13.6. The fourth-order valence-electron chi connectivity index (χ4n) is 6.21. The van der Waals surface area contributed by atoms with Gasteiger partial charge in [-0.2, -0.15) is 5.26 Å². The van der Waals surface area contributed by atoms with E-state index < -0.39 is 27.0 Å². The minimum absolute atomic E-state index is 0.0135. The van der Waals surface area contributed by atoms with E-state index in [9.17, 15) is 22.0 Å². The van der Waals surface area contributed by atoms with E-state index in [-0.39, 0.29) is 39.8 Å². The Balaban J connectivity index is 1.25. The Hall–Kier alpha value is -3.46. The van der Waals surface area contributed by atoms with E-state index in [4.69, 9.17) is 5.26 Å². The molecule has 1 saturated heterocycles. The summed E-state index contributed by atoms with van der Waals surface area (Å²) in [7, 11) is -2.17. The molecule has 46 heavy (non-hydrogen) atoms. The van der Waals surface area contributed by atoms with Crippen LogP contribution in [0.4, 0.5) is 19.3 Å². The highest BCUT2D eigenvalue weighted by atomic mass is 32.2. The third-order valence-corrected chi connectivity index (χ3v) is 11.6. The number of pyridine rings is 1. The molecule has 2 atom stereocenters. The fraction of sp³-hybridized carbons (Fsp3) is 0.621. The third-order valence-electron chi connectivity index (χ3n) is 9.11. The molecule has 3 aromatic heterocycles. The van der Waals surface area contributed by atoms with Gasteiger partial charge in [-0.25, -0.2) is 31.7 Å². The molecule has 0 spiro atoms. The molecule has 2 amide bonds. The summed E-state index contributed by atoms with van der Waals surface area (Å²) < 4.78 is 58.2. The average molecular weight is 677 g/mol. The maximum Gasteiger partial charge on any atom is 0.320 e. The van der Waals surface area contributed by atoms with Crippen molar-refractivity contribution in [3.8, 4) is 16.9 Å². The van der Waals surface area contributed by atoms with Gasteiger partial charge in [0.15, 0.2) is 15.8 Å². The Morgan fingerprint density at radius 1 is 1.24 bits per heavy atom. The molecule has 0 aromatic carbocycles. The summed E-state index contributed by atoms with van der Waals surface area (Å²) in [5.74, 6) is 0.331. The van der Waals surface area contributed by atoms with Crippen molar-refractivity contribution in [2.75, 3.05) is 38.1 Å². The van der Waals surface area contributed by atoms with Crippen LogP contribution in [0, 0.1) is 17.2 Å². The number of fused-ring (bicyclic) bond motifs is 1. The molecule has 2 aliphatic carbocycles. The van der Waals surface area contributed by atoms with Crippen LogP contribution in [0.2, 0.25) is 0 Å². The zero-order chi connectivity index (χ0) is 33.0. The van der Waals surface area contributed by atoms with Crippen LogP contribution in [0.3, 0.4) is 0 Å². The SMILES string of the molecule is C[C@H]1CN(c2cc(S(=O)(=O)NC3(C)CC3)cn3c(-c4nnc(C(F)F)s4)ncc23)C[C@H](C)N1C(=O)N(C)CCNC1CC(C#N)C1. The van der Waals surface area contributed by atoms with E-state index >= 15 is 0 Å². The minimum Gasteiger partial charge on any atom is -0.366 e. The van der Waals surface area contributed by atoms with Crippen LogP contribution in [-0.2, 0) is 10.0 Å². The molecule has 6 rings (SSSR count). The number of anilines is 1.